The van der Waals surface area contributed by atoms with Gasteiger partial charge in [0.2, 0.25) is 0 Å². The summed E-state index contributed by atoms with van der Waals surface area (Å²) in [4.78, 5) is 19.6. The zero-order valence-electron chi connectivity index (χ0n) is 12.5. The SMILES string of the molecule is CSc1nc(C(=O)N[C@@H]2C[C@H]3CCN(C3)C2)cc2ccsc12. The van der Waals surface area contributed by atoms with Crippen molar-refractivity contribution in [3.63, 3.8) is 0 Å². The lowest BCUT2D eigenvalue weighted by Crippen LogP contribution is -2.47. The molecule has 4 rings (SSSR count). The Balaban J connectivity index is 1.55. The molecular weight excluding hydrogens is 314 g/mol. The second-order valence-electron chi connectivity index (χ2n) is 6.18. The third kappa shape index (κ3) is 2.64. The Morgan fingerprint density at radius 2 is 2.41 bits per heavy atom. The number of nitrogens with zero attached hydrogens (tertiary/aromatic N) is 2. The van der Waals surface area contributed by atoms with E-state index in [9.17, 15) is 4.79 Å². The van der Waals surface area contributed by atoms with E-state index in [4.69, 9.17) is 0 Å². The average Bonchev–Trinajstić information content (AvgIpc) is 3.12. The highest BCUT2D eigenvalue weighted by Gasteiger charge is 2.33. The Morgan fingerprint density at radius 3 is 3.23 bits per heavy atom. The lowest BCUT2D eigenvalue weighted by molar-refractivity contribution is 0.0904. The second-order valence-corrected chi connectivity index (χ2v) is 7.89. The second kappa shape index (κ2) is 5.83. The molecule has 6 heteroatoms. The molecule has 0 spiro atoms. The highest BCUT2D eigenvalue weighted by molar-refractivity contribution is 7.98. The summed E-state index contributed by atoms with van der Waals surface area (Å²) in [6.45, 7) is 3.38. The normalized spacial score (nSPS) is 27.2. The lowest BCUT2D eigenvalue weighted by atomic mass is 9.97. The van der Waals surface area contributed by atoms with Gasteiger partial charge in [0, 0.05) is 19.1 Å². The maximum atomic E-state index is 12.6. The van der Waals surface area contributed by atoms with Crippen LogP contribution in [0.2, 0.25) is 0 Å². The van der Waals surface area contributed by atoms with Crippen LogP contribution in [-0.4, -0.2) is 47.7 Å². The molecule has 2 aromatic rings. The minimum Gasteiger partial charge on any atom is -0.347 e. The van der Waals surface area contributed by atoms with Crippen molar-refractivity contribution in [3.8, 4) is 0 Å². The van der Waals surface area contributed by atoms with Gasteiger partial charge in [-0.15, -0.1) is 23.1 Å². The molecule has 2 aromatic heterocycles. The summed E-state index contributed by atoms with van der Waals surface area (Å²) in [5.41, 5.74) is 0.545. The third-order valence-electron chi connectivity index (χ3n) is 4.63. The van der Waals surface area contributed by atoms with Crippen molar-refractivity contribution < 1.29 is 4.79 Å². The van der Waals surface area contributed by atoms with E-state index in [-0.39, 0.29) is 11.9 Å². The van der Waals surface area contributed by atoms with Crippen molar-refractivity contribution in [2.45, 2.75) is 23.9 Å². The summed E-state index contributed by atoms with van der Waals surface area (Å²) in [5.74, 6) is 0.726. The van der Waals surface area contributed by atoms with Crippen LogP contribution < -0.4 is 5.32 Å². The van der Waals surface area contributed by atoms with Crippen LogP contribution in [0.4, 0.5) is 0 Å². The smallest absolute Gasteiger partial charge is 0.270 e. The van der Waals surface area contributed by atoms with Crippen LogP contribution in [0.25, 0.3) is 10.1 Å². The maximum absolute atomic E-state index is 12.6. The molecule has 0 aromatic carbocycles. The van der Waals surface area contributed by atoms with Gasteiger partial charge >= 0.3 is 0 Å². The van der Waals surface area contributed by atoms with Crippen molar-refractivity contribution in [2.24, 2.45) is 5.92 Å². The van der Waals surface area contributed by atoms with Gasteiger partial charge in [-0.25, -0.2) is 4.98 Å². The number of fused-ring (bicyclic) bond motifs is 3. The molecule has 0 aliphatic carbocycles. The van der Waals surface area contributed by atoms with Gasteiger partial charge in [-0.2, -0.15) is 0 Å². The monoisotopic (exact) mass is 333 g/mol. The zero-order chi connectivity index (χ0) is 15.1. The fourth-order valence-corrected chi connectivity index (χ4v) is 5.27. The van der Waals surface area contributed by atoms with Crippen molar-refractivity contribution in [3.05, 3.63) is 23.2 Å². The number of hydrogen-bond donors (Lipinski definition) is 1. The van der Waals surface area contributed by atoms with Crippen LogP contribution in [-0.2, 0) is 0 Å². The van der Waals surface area contributed by atoms with Crippen LogP contribution in [0.15, 0.2) is 22.5 Å². The quantitative estimate of drug-likeness (QED) is 0.878. The van der Waals surface area contributed by atoms with Crippen LogP contribution in [0.1, 0.15) is 23.3 Å². The van der Waals surface area contributed by atoms with Crippen LogP contribution in [0, 0.1) is 5.92 Å². The van der Waals surface area contributed by atoms with Crippen LogP contribution in [0.3, 0.4) is 0 Å². The maximum Gasteiger partial charge on any atom is 0.270 e. The molecular formula is C16H19N3OS2. The molecule has 2 fully saturated rings. The highest BCUT2D eigenvalue weighted by atomic mass is 32.2. The number of aromatic nitrogens is 1. The standard InChI is InChI=1S/C16H19N3OS2/c1-21-16-14-11(3-5-22-14)7-13(18-16)15(20)17-12-6-10-2-4-19(8-10)9-12/h3,5,7,10,12H,2,4,6,8-9H2,1H3,(H,17,20)/t10-,12-/m1/s1. The largest absolute Gasteiger partial charge is 0.347 e. The van der Waals surface area contributed by atoms with E-state index in [0.29, 0.717) is 5.69 Å². The Bertz CT molecular complexity index is 702. The Labute approximate surface area is 138 Å². The Kier molecular flexibility index (Phi) is 3.84. The number of carbonyl (C=O) groups excluding carboxylic acids is 1. The first-order valence-electron chi connectivity index (χ1n) is 7.68. The molecule has 3 atom stereocenters. The summed E-state index contributed by atoms with van der Waals surface area (Å²) >= 11 is 3.28. The number of thiophene rings is 1. The van der Waals surface area contributed by atoms with Gasteiger partial charge in [-0.3, -0.25) is 4.79 Å². The van der Waals surface area contributed by atoms with Gasteiger partial charge in [0.25, 0.3) is 5.91 Å². The molecule has 2 saturated heterocycles. The van der Waals surface area contributed by atoms with E-state index in [1.165, 1.54) is 24.2 Å². The third-order valence-corrected chi connectivity index (χ3v) is 6.38. The first-order chi connectivity index (χ1) is 10.7. The number of thioether (sulfide) groups is 1. The summed E-state index contributed by atoms with van der Waals surface area (Å²) < 4.78 is 1.17. The Hall–Kier alpha value is -1.11. The van der Waals surface area contributed by atoms with Crippen molar-refractivity contribution in [2.75, 3.05) is 25.9 Å². The van der Waals surface area contributed by atoms with E-state index < -0.39 is 0 Å². The molecule has 0 radical (unpaired) electrons. The molecule has 2 bridgehead atoms. The fourth-order valence-electron chi connectivity index (χ4n) is 3.62. The Morgan fingerprint density at radius 1 is 1.50 bits per heavy atom. The number of rotatable bonds is 3. The first-order valence-corrected chi connectivity index (χ1v) is 9.79. The number of pyridine rings is 1. The number of carbonyl (C=O) groups is 1. The van der Waals surface area contributed by atoms with Gasteiger partial charge in [0.05, 0.1) is 4.70 Å². The predicted molar refractivity (Wildman–Crippen MR) is 91.8 cm³/mol. The molecule has 1 N–H and O–H groups in total. The number of amides is 1. The minimum atomic E-state index is -0.0316. The van der Waals surface area contributed by atoms with Crippen molar-refractivity contribution in [1.29, 1.82) is 0 Å². The number of hydrogen-bond acceptors (Lipinski definition) is 5. The lowest BCUT2D eigenvalue weighted by Gasteiger charge is -2.30. The molecule has 116 valence electrons. The topological polar surface area (TPSA) is 45.2 Å². The molecule has 4 heterocycles. The van der Waals surface area contributed by atoms with Gasteiger partial charge in [-0.05, 0) is 54.5 Å². The molecule has 4 nitrogen and oxygen atoms in total. The molecule has 2 aliphatic rings. The van der Waals surface area contributed by atoms with Crippen LogP contribution >= 0.6 is 23.1 Å². The molecule has 22 heavy (non-hydrogen) atoms. The van der Waals surface area contributed by atoms with Gasteiger partial charge in [-0.1, -0.05) is 0 Å². The predicted octanol–water partition coefficient (Wildman–Crippen LogP) is 2.84. The summed E-state index contributed by atoms with van der Waals surface area (Å²) in [6.07, 6.45) is 4.40. The summed E-state index contributed by atoms with van der Waals surface area (Å²) in [6, 6.07) is 4.25. The number of nitrogens with one attached hydrogen (secondary N) is 1. The summed E-state index contributed by atoms with van der Waals surface area (Å²) in [5, 5.41) is 7.31. The van der Waals surface area contributed by atoms with Crippen LogP contribution in [0.5, 0.6) is 0 Å². The van der Waals surface area contributed by atoms with E-state index in [1.807, 2.05) is 12.3 Å². The highest BCUT2D eigenvalue weighted by Crippen LogP contribution is 2.30. The van der Waals surface area contributed by atoms with E-state index in [1.54, 1.807) is 23.1 Å². The zero-order valence-corrected chi connectivity index (χ0v) is 14.2. The molecule has 2 aliphatic heterocycles. The average molecular weight is 333 g/mol. The number of piperidine rings is 1. The molecule has 0 saturated carbocycles. The van der Waals surface area contributed by atoms with Gasteiger partial charge < -0.3 is 10.2 Å². The minimum absolute atomic E-state index is 0.0316. The first kappa shape index (κ1) is 14.5. The summed E-state index contributed by atoms with van der Waals surface area (Å²) in [7, 11) is 0. The van der Waals surface area contributed by atoms with Crippen molar-refractivity contribution >= 4 is 39.1 Å². The van der Waals surface area contributed by atoms with Gasteiger partial charge in [0.15, 0.2) is 0 Å². The van der Waals surface area contributed by atoms with E-state index in [2.05, 4.69) is 26.6 Å². The van der Waals surface area contributed by atoms with Crippen molar-refractivity contribution in [1.82, 2.24) is 15.2 Å². The van der Waals surface area contributed by atoms with Gasteiger partial charge in [0.1, 0.15) is 10.7 Å². The van der Waals surface area contributed by atoms with E-state index >= 15 is 0 Å². The molecule has 1 unspecified atom stereocenters. The fraction of sp³-hybridized carbons (Fsp3) is 0.500. The van der Waals surface area contributed by atoms with E-state index in [0.717, 1.165) is 29.3 Å². The molecule has 1 amide bonds.